The Morgan fingerprint density at radius 2 is 1.79 bits per heavy atom. The molecule has 4 atom stereocenters. The van der Waals surface area contributed by atoms with Crippen LogP contribution in [-0.2, 0) is 21.3 Å². The van der Waals surface area contributed by atoms with Gasteiger partial charge in [0.15, 0.2) is 0 Å². The highest BCUT2D eigenvalue weighted by molar-refractivity contribution is 7.92. The molecule has 0 spiro atoms. The molecule has 1 aliphatic rings. The molecule has 0 aromatic heterocycles. The minimum Gasteiger partial charge on any atom is -0.497 e. The number of anilines is 1. The number of ether oxygens (including phenoxy) is 3. The molecule has 48 heavy (non-hydrogen) atoms. The van der Waals surface area contributed by atoms with Crippen LogP contribution in [0.4, 0.5) is 5.69 Å². The van der Waals surface area contributed by atoms with Gasteiger partial charge in [-0.3, -0.25) is 14.4 Å². The molecule has 0 radical (unpaired) electrons. The fourth-order valence-electron chi connectivity index (χ4n) is 5.69. The maximum absolute atomic E-state index is 14.4. The van der Waals surface area contributed by atoms with Gasteiger partial charge in [-0.2, -0.15) is 0 Å². The highest BCUT2D eigenvalue weighted by Gasteiger charge is 2.30. The Bertz CT molecular complexity index is 1590. The van der Waals surface area contributed by atoms with Crippen molar-refractivity contribution in [1.29, 1.82) is 0 Å². The van der Waals surface area contributed by atoms with Gasteiger partial charge in [-0.25, -0.2) is 8.42 Å². The van der Waals surface area contributed by atoms with Gasteiger partial charge in [0.05, 0.1) is 42.4 Å². The first-order chi connectivity index (χ1) is 22.9. The first-order valence-corrected chi connectivity index (χ1v) is 18.2. The molecule has 262 valence electrons. The zero-order valence-electron chi connectivity index (χ0n) is 28.4. The molecular formula is C36H48ClN3O7S. The van der Waals surface area contributed by atoms with E-state index in [9.17, 15) is 18.3 Å². The normalized spacial score (nSPS) is 20.4. The SMILES string of the molecule is COc1ccc(CN(C)C[C@@H]2OCCCC[C@@H](C)Oc3ccc(NS(=O)(=O)c4ccc(Cl)cc4)cc3C(=O)N([C@@H](C)CO)C[C@@H]2C)cc1. The van der Waals surface area contributed by atoms with E-state index in [0.29, 0.717) is 37.0 Å². The Kier molecular flexibility index (Phi) is 13.5. The van der Waals surface area contributed by atoms with Crippen LogP contribution in [0.15, 0.2) is 71.6 Å². The molecule has 0 saturated heterocycles. The van der Waals surface area contributed by atoms with Crippen LogP contribution in [-0.4, -0.2) is 87.9 Å². The number of nitrogens with one attached hydrogen (secondary N) is 1. The van der Waals surface area contributed by atoms with E-state index in [2.05, 4.69) is 16.5 Å². The summed E-state index contributed by atoms with van der Waals surface area (Å²) in [5.74, 6) is 0.688. The molecule has 1 aliphatic heterocycles. The van der Waals surface area contributed by atoms with Gasteiger partial charge in [0.1, 0.15) is 11.5 Å². The minimum absolute atomic E-state index is 0.0375. The highest BCUT2D eigenvalue weighted by Crippen LogP contribution is 2.30. The zero-order valence-corrected chi connectivity index (χ0v) is 30.0. The molecule has 10 nitrogen and oxygen atoms in total. The molecule has 12 heteroatoms. The van der Waals surface area contributed by atoms with E-state index >= 15 is 0 Å². The number of carbonyl (C=O) groups is 1. The maximum Gasteiger partial charge on any atom is 0.261 e. The lowest BCUT2D eigenvalue weighted by molar-refractivity contribution is -0.0177. The van der Waals surface area contributed by atoms with Crippen LogP contribution in [0.2, 0.25) is 5.02 Å². The van der Waals surface area contributed by atoms with Gasteiger partial charge < -0.3 is 24.2 Å². The van der Waals surface area contributed by atoms with E-state index in [-0.39, 0.29) is 46.8 Å². The van der Waals surface area contributed by atoms with Crippen molar-refractivity contribution in [2.45, 2.75) is 69.7 Å². The third-order valence-electron chi connectivity index (χ3n) is 8.53. The Labute approximate surface area is 290 Å². The molecule has 0 saturated carbocycles. The number of rotatable bonds is 10. The van der Waals surface area contributed by atoms with Crippen LogP contribution in [0.25, 0.3) is 0 Å². The monoisotopic (exact) mass is 701 g/mol. The summed E-state index contributed by atoms with van der Waals surface area (Å²) in [6, 6.07) is 18.0. The molecule has 1 heterocycles. The van der Waals surface area contributed by atoms with Gasteiger partial charge in [-0.05, 0) is 100 Å². The molecule has 0 bridgehead atoms. The van der Waals surface area contributed by atoms with E-state index in [0.717, 1.165) is 30.6 Å². The number of carbonyl (C=O) groups excluding carboxylic acids is 1. The Hall–Kier alpha value is -3.35. The van der Waals surface area contributed by atoms with E-state index in [1.165, 1.54) is 30.3 Å². The first-order valence-electron chi connectivity index (χ1n) is 16.3. The lowest BCUT2D eigenvalue weighted by Gasteiger charge is -2.36. The number of sulfonamides is 1. The fraction of sp³-hybridized carbons (Fsp3) is 0.472. The standard InChI is InChI=1S/C36H48ClN3O7S/c1-25-21-40(26(2)24-41)36(42)33-20-30(38-48(43,44)32-16-11-29(37)12-17-32)13-18-34(33)47-27(3)8-6-7-19-46-35(25)23-39(4)22-28-9-14-31(45-5)15-10-28/h9-18,20,25-27,35,38,41H,6-8,19,21-24H2,1-5H3/t25-,26-,27+,35-/m0/s1. The van der Waals surface area contributed by atoms with Crippen LogP contribution in [0.5, 0.6) is 11.5 Å². The van der Waals surface area contributed by atoms with Crippen LogP contribution in [0, 0.1) is 5.92 Å². The highest BCUT2D eigenvalue weighted by atomic mass is 35.5. The third kappa shape index (κ3) is 10.3. The van der Waals surface area contributed by atoms with E-state index in [4.69, 9.17) is 25.8 Å². The number of benzene rings is 3. The summed E-state index contributed by atoms with van der Waals surface area (Å²) >= 11 is 5.96. The van der Waals surface area contributed by atoms with Crippen molar-refractivity contribution in [2.75, 3.05) is 45.2 Å². The molecule has 1 amide bonds. The lowest BCUT2D eigenvalue weighted by Crippen LogP contribution is -2.47. The molecule has 0 aliphatic carbocycles. The second kappa shape index (κ2) is 17.3. The Morgan fingerprint density at radius 3 is 2.46 bits per heavy atom. The summed E-state index contributed by atoms with van der Waals surface area (Å²) in [7, 11) is -0.268. The van der Waals surface area contributed by atoms with Crippen molar-refractivity contribution in [3.63, 3.8) is 0 Å². The number of aliphatic hydroxyl groups is 1. The fourth-order valence-corrected chi connectivity index (χ4v) is 6.87. The largest absolute Gasteiger partial charge is 0.497 e. The quantitative estimate of drug-likeness (QED) is 0.262. The van der Waals surface area contributed by atoms with Gasteiger partial charge in [-0.15, -0.1) is 0 Å². The number of fused-ring (bicyclic) bond motifs is 1. The van der Waals surface area contributed by atoms with E-state index in [1.54, 1.807) is 31.1 Å². The number of nitrogens with zero attached hydrogens (tertiary/aromatic N) is 2. The van der Waals surface area contributed by atoms with Crippen molar-refractivity contribution in [3.05, 3.63) is 82.9 Å². The molecule has 3 aromatic carbocycles. The maximum atomic E-state index is 14.4. The first kappa shape index (κ1) is 37.5. The van der Waals surface area contributed by atoms with Crippen molar-refractivity contribution in [1.82, 2.24) is 9.80 Å². The predicted octanol–water partition coefficient (Wildman–Crippen LogP) is 6.08. The third-order valence-corrected chi connectivity index (χ3v) is 10.2. The van der Waals surface area contributed by atoms with E-state index < -0.39 is 16.1 Å². The van der Waals surface area contributed by atoms with Crippen LogP contribution < -0.4 is 14.2 Å². The van der Waals surface area contributed by atoms with Gasteiger partial charge in [-0.1, -0.05) is 30.7 Å². The number of hydrogen-bond donors (Lipinski definition) is 2. The number of aliphatic hydroxyl groups excluding tert-OH is 1. The molecule has 0 fully saturated rings. The second-order valence-corrected chi connectivity index (χ2v) is 14.7. The topological polar surface area (TPSA) is 118 Å². The van der Waals surface area contributed by atoms with E-state index in [1.807, 2.05) is 38.2 Å². The van der Waals surface area contributed by atoms with Crippen LogP contribution in [0.1, 0.15) is 56.0 Å². The zero-order chi connectivity index (χ0) is 34.8. The molecule has 3 aromatic rings. The summed E-state index contributed by atoms with van der Waals surface area (Å²) in [4.78, 5) is 18.3. The summed E-state index contributed by atoms with van der Waals surface area (Å²) in [5, 5.41) is 10.7. The number of methoxy groups -OCH3 is 1. The minimum atomic E-state index is -3.96. The Balaban J connectivity index is 1.62. The van der Waals surface area contributed by atoms with Gasteiger partial charge in [0.25, 0.3) is 15.9 Å². The lowest BCUT2D eigenvalue weighted by atomic mass is 10.0. The summed E-state index contributed by atoms with van der Waals surface area (Å²) in [5.41, 5.74) is 1.56. The molecule has 0 unspecified atom stereocenters. The number of likely N-dealkylation sites (N-methyl/N-ethyl adjacent to an activating group) is 1. The van der Waals surface area contributed by atoms with Crippen molar-refractivity contribution < 1.29 is 32.5 Å². The number of halogens is 1. The predicted molar refractivity (Wildman–Crippen MR) is 188 cm³/mol. The van der Waals surface area contributed by atoms with Crippen molar-refractivity contribution >= 4 is 33.2 Å². The smallest absolute Gasteiger partial charge is 0.261 e. The van der Waals surface area contributed by atoms with Crippen LogP contribution in [0.3, 0.4) is 0 Å². The van der Waals surface area contributed by atoms with Gasteiger partial charge >= 0.3 is 0 Å². The Morgan fingerprint density at radius 1 is 1.08 bits per heavy atom. The average Bonchev–Trinajstić information content (AvgIpc) is 3.06. The number of amides is 1. The second-order valence-electron chi connectivity index (χ2n) is 12.6. The average molecular weight is 702 g/mol. The van der Waals surface area contributed by atoms with Crippen molar-refractivity contribution in [2.24, 2.45) is 5.92 Å². The van der Waals surface area contributed by atoms with Crippen LogP contribution >= 0.6 is 11.6 Å². The van der Waals surface area contributed by atoms with Gasteiger partial charge in [0.2, 0.25) is 0 Å². The van der Waals surface area contributed by atoms with Gasteiger partial charge in [0, 0.05) is 42.9 Å². The molecular weight excluding hydrogens is 654 g/mol. The summed E-state index contributed by atoms with van der Waals surface area (Å²) < 4.78 is 47.0. The molecule has 2 N–H and O–H groups in total. The summed E-state index contributed by atoms with van der Waals surface area (Å²) in [6.07, 6.45) is 2.08. The van der Waals surface area contributed by atoms with Crippen molar-refractivity contribution in [3.8, 4) is 11.5 Å². The molecule has 4 rings (SSSR count). The summed E-state index contributed by atoms with van der Waals surface area (Å²) in [6.45, 7) is 7.77. The number of hydrogen-bond acceptors (Lipinski definition) is 8.